The second-order valence-corrected chi connectivity index (χ2v) is 5.85. The van der Waals surface area contributed by atoms with Crippen molar-refractivity contribution in [3.05, 3.63) is 59.1 Å². The van der Waals surface area contributed by atoms with Crippen LogP contribution in [0.15, 0.2) is 47.8 Å². The summed E-state index contributed by atoms with van der Waals surface area (Å²) in [7, 11) is 3.79. The van der Waals surface area contributed by atoms with Crippen molar-refractivity contribution in [3.63, 3.8) is 0 Å². The van der Waals surface area contributed by atoms with Crippen LogP contribution in [-0.4, -0.2) is 22.4 Å². The standard InChI is InChI=1S/C16H16N2OS/c1-17(11-12-6-4-3-5-7-12)16(19)14-10-15-13(18(14)2)8-9-20-15/h3-10H,11H2,1-2H3. The third-order valence-electron chi connectivity index (χ3n) is 3.49. The molecule has 20 heavy (non-hydrogen) atoms. The minimum absolute atomic E-state index is 0.0553. The lowest BCUT2D eigenvalue weighted by molar-refractivity contribution is 0.0776. The van der Waals surface area contributed by atoms with Crippen LogP contribution >= 0.6 is 11.3 Å². The first-order chi connectivity index (χ1) is 9.66. The van der Waals surface area contributed by atoms with Gasteiger partial charge in [0.25, 0.3) is 5.91 Å². The first-order valence-corrected chi connectivity index (χ1v) is 7.37. The van der Waals surface area contributed by atoms with Gasteiger partial charge in [-0.1, -0.05) is 30.3 Å². The van der Waals surface area contributed by atoms with Crippen molar-refractivity contribution in [2.75, 3.05) is 7.05 Å². The molecular formula is C16H16N2OS. The van der Waals surface area contributed by atoms with Crippen LogP contribution in [0.25, 0.3) is 10.2 Å². The minimum Gasteiger partial charge on any atom is -0.339 e. The number of benzene rings is 1. The van der Waals surface area contributed by atoms with Crippen LogP contribution in [0, 0.1) is 0 Å². The van der Waals surface area contributed by atoms with Gasteiger partial charge in [-0.25, -0.2) is 0 Å². The normalized spacial score (nSPS) is 10.9. The number of rotatable bonds is 3. The fourth-order valence-corrected chi connectivity index (χ4v) is 3.23. The predicted octanol–water partition coefficient (Wildman–Crippen LogP) is 3.51. The van der Waals surface area contributed by atoms with Crippen LogP contribution in [0.5, 0.6) is 0 Å². The highest BCUT2D eigenvalue weighted by Gasteiger charge is 2.17. The molecular weight excluding hydrogens is 268 g/mol. The molecule has 1 amide bonds. The zero-order valence-corrected chi connectivity index (χ0v) is 12.4. The summed E-state index contributed by atoms with van der Waals surface area (Å²) in [6, 6.07) is 14.1. The van der Waals surface area contributed by atoms with Crippen molar-refractivity contribution in [2.24, 2.45) is 7.05 Å². The Kier molecular flexibility index (Phi) is 3.32. The molecule has 0 unspecified atom stereocenters. The number of aryl methyl sites for hydroxylation is 1. The highest BCUT2D eigenvalue weighted by Crippen LogP contribution is 2.25. The number of aromatic nitrogens is 1. The van der Waals surface area contributed by atoms with Crippen LogP contribution < -0.4 is 0 Å². The summed E-state index contributed by atoms with van der Waals surface area (Å²) in [6.45, 7) is 0.624. The fraction of sp³-hybridized carbons (Fsp3) is 0.188. The molecule has 3 nitrogen and oxygen atoms in total. The van der Waals surface area contributed by atoms with Gasteiger partial charge < -0.3 is 9.47 Å². The number of hydrogen-bond donors (Lipinski definition) is 0. The molecule has 0 bridgehead atoms. The van der Waals surface area contributed by atoms with Crippen molar-refractivity contribution in [3.8, 4) is 0 Å². The van der Waals surface area contributed by atoms with Crippen LogP contribution in [0.4, 0.5) is 0 Å². The number of hydrogen-bond acceptors (Lipinski definition) is 2. The predicted molar refractivity (Wildman–Crippen MR) is 83.0 cm³/mol. The van der Waals surface area contributed by atoms with Gasteiger partial charge in [-0.15, -0.1) is 11.3 Å². The molecule has 0 N–H and O–H groups in total. The summed E-state index contributed by atoms with van der Waals surface area (Å²) in [4.78, 5) is 14.3. The van der Waals surface area contributed by atoms with E-state index < -0.39 is 0 Å². The second-order valence-electron chi connectivity index (χ2n) is 4.91. The molecule has 0 fully saturated rings. The summed E-state index contributed by atoms with van der Waals surface area (Å²) in [5, 5.41) is 2.05. The van der Waals surface area contributed by atoms with Gasteiger partial charge in [-0.3, -0.25) is 4.79 Å². The molecule has 0 saturated heterocycles. The molecule has 0 radical (unpaired) electrons. The molecule has 0 aliphatic heterocycles. The van der Waals surface area contributed by atoms with E-state index in [9.17, 15) is 4.79 Å². The number of thiophene rings is 1. The third-order valence-corrected chi connectivity index (χ3v) is 4.35. The second kappa shape index (κ2) is 5.13. The molecule has 1 aromatic carbocycles. The van der Waals surface area contributed by atoms with Gasteiger partial charge in [0.1, 0.15) is 5.69 Å². The fourth-order valence-electron chi connectivity index (χ4n) is 2.38. The Hall–Kier alpha value is -2.07. The largest absolute Gasteiger partial charge is 0.339 e. The molecule has 102 valence electrons. The molecule has 3 aromatic rings. The van der Waals surface area contributed by atoms with Crippen molar-refractivity contribution in [2.45, 2.75) is 6.54 Å². The van der Waals surface area contributed by atoms with E-state index >= 15 is 0 Å². The van der Waals surface area contributed by atoms with Crippen LogP contribution in [-0.2, 0) is 13.6 Å². The zero-order valence-electron chi connectivity index (χ0n) is 11.5. The van der Waals surface area contributed by atoms with E-state index in [-0.39, 0.29) is 5.91 Å². The van der Waals surface area contributed by atoms with Crippen molar-refractivity contribution in [1.29, 1.82) is 0 Å². The Balaban J connectivity index is 1.84. The molecule has 4 heteroatoms. The van der Waals surface area contributed by atoms with E-state index in [1.54, 1.807) is 16.2 Å². The monoisotopic (exact) mass is 284 g/mol. The number of amides is 1. The lowest BCUT2D eigenvalue weighted by Gasteiger charge is -2.17. The summed E-state index contributed by atoms with van der Waals surface area (Å²) < 4.78 is 3.12. The van der Waals surface area contributed by atoms with Crippen LogP contribution in [0.2, 0.25) is 0 Å². The van der Waals surface area contributed by atoms with Crippen LogP contribution in [0.3, 0.4) is 0 Å². The molecule has 0 saturated carbocycles. The van der Waals surface area contributed by atoms with Crippen molar-refractivity contribution >= 4 is 27.5 Å². The third kappa shape index (κ3) is 2.23. The van der Waals surface area contributed by atoms with Crippen LogP contribution in [0.1, 0.15) is 16.1 Å². The maximum atomic E-state index is 12.5. The van der Waals surface area contributed by atoms with E-state index in [0.717, 1.165) is 21.5 Å². The van der Waals surface area contributed by atoms with Gasteiger partial charge >= 0.3 is 0 Å². The maximum Gasteiger partial charge on any atom is 0.270 e. The van der Waals surface area contributed by atoms with Gasteiger partial charge in [-0.05, 0) is 23.1 Å². The van der Waals surface area contributed by atoms with E-state index in [1.807, 2.05) is 66.5 Å². The summed E-state index contributed by atoms with van der Waals surface area (Å²) in [6.07, 6.45) is 0. The van der Waals surface area contributed by atoms with Gasteiger partial charge in [0.05, 0.1) is 10.2 Å². The molecule has 0 spiro atoms. The maximum absolute atomic E-state index is 12.5. The molecule has 0 aliphatic rings. The molecule has 0 aliphatic carbocycles. The Morgan fingerprint density at radius 2 is 2.00 bits per heavy atom. The van der Waals surface area contributed by atoms with E-state index in [0.29, 0.717) is 6.54 Å². The Morgan fingerprint density at radius 3 is 2.70 bits per heavy atom. The van der Waals surface area contributed by atoms with Gasteiger partial charge in [0, 0.05) is 20.6 Å². The summed E-state index contributed by atoms with van der Waals surface area (Å²) in [5.74, 6) is 0.0553. The van der Waals surface area contributed by atoms with Crippen molar-refractivity contribution < 1.29 is 4.79 Å². The number of nitrogens with zero attached hydrogens (tertiary/aromatic N) is 2. The minimum atomic E-state index is 0.0553. The smallest absolute Gasteiger partial charge is 0.270 e. The quantitative estimate of drug-likeness (QED) is 0.722. The average molecular weight is 284 g/mol. The van der Waals surface area contributed by atoms with Gasteiger partial charge in [0.15, 0.2) is 0 Å². The van der Waals surface area contributed by atoms with Crippen molar-refractivity contribution in [1.82, 2.24) is 9.47 Å². The molecule has 3 rings (SSSR count). The zero-order chi connectivity index (χ0) is 14.1. The first-order valence-electron chi connectivity index (χ1n) is 6.49. The SMILES string of the molecule is CN(Cc1ccccc1)C(=O)c1cc2sccc2n1C. The Labute approximate surface area is 122 Å². The summed E-state index contributed by atoms with van der Waals surface area (Å²) in [5.41, 5.74) is 3.00. The number of carbonyl (C=O) groups is 1. The first kappa shape index (κ1) is 12.9. The van der Waals surface area contributed by atoms with Gasteiger partial charge in [0.2, 0.25) is 0 Å². The highest BCUT2D eigenvalue weighted by molar-refractivity contribution is 7.17. The Bertz CT molecular complexity index is 742. The molecule has 0 atom stereocenters. The Morgan fingerprint density at radius 1 is 1.25 bits per heavy atom. The average Bonchev–Trinajstić information content (AvgIpc) is 3.02. The molecule has 2 heterocycles. The topological polar surface area (TPSA) is 25.2 Å². The van der Waals surface area contributed by atoms with E-state index in [4.69, 9.17) is 0 Å². The lowest BCUT2D eigenvalue weighted by atomic mass is 10.2. The highest BCUT2D eigenvalue weighted by atomic mass is 32.1. The van der Waals surface area contributed by atoms with Gasteiger partial charge in [-0.2, -0.15) is 0 Å². The summed E-state index contributed by atoms with van der Waals surface area (Å²) >= 11 is 1.66. The lowest BCUT2D eigenvalue weighted by Crippen LogP contribution is -2.27. The van der Waals surface area contributed by atoms with E-state index in [2.05, 4.69) is 0 Å². The number of fused-ring (bicyclic) bond motifs is 1. The number of carbonyl (C=O) groups excluding carboxylic acids is 1. The molecule has 2 aromatic heterocycles. The van der Waals surface area contributed by atoms with E-state index in [1.165, 1.54) is 0 Å².